The van der Waals surface area contributed by atoms with Crippen LogP contribution in [0.5, 0.6) is 0 Å². The molecule has 3 heteroatoms. The van der Waals surface area contributed by atoms with E-state index < -0.39 is 0 Å². The molecule has 0 aromatic carbocycles. The van der Waals surface area contributed by atoms with Crippen molar-refractivity contribution in [2.45, 2.75) is 6.92 Å². The van der Waals surface area contributed by atoms with E-state index in [-0.39, 0.29) is 5.91 Å². The molecule has 0 saturated carbocycles. The molecule has 44 valence electrons. The van der Waals surface area contributed by atoms with E-state index in [1.54, 1.807) is 18.0 Å². The molecule has 0 radical (unpaired) electrons. The second kappa shape index (κ2) is 1.94. The van der Waals surface area contributed by atoms with Crippen molar-refractivity contribution in [3.8, 4) is 0 Å². The van der Waals surface area contributed by atoms with Gasteiger partial charge in [-0.25, -0.2) is 0 Å². The molecule has 0 saturated heterocycles. The van der Waals surface area contributed by atoms with E-state index >= 15 is 0 Å². The minimum absolute atomic E-state index is 0.0995. The monoisotopic (exact) mass is 112 g/mol. The molecule has 1 aliphatic rings. The maximum absolute atomic E-state index is 10.5. The third kappa shape index (κ3) is 0.857. The second-order valence-electron chi connectivity index (χ2n) is 1.75. The smallest absolute Gasteiger partial charge is 0.221 e. The summed E-state index contributed by atoms with van der Waals surface area (Å²) in [5.74, 6) is 0.0995. The van der Waals surface area contributed by atoms with Gasteiger partial charge in [-0.2, -0.15) is 0 Å². The Bertz CT molecular complexity index is 122. The van der Waals surface area contributed by atoms with Crippen molar-refractivity contribution in [3.05, 3.63) is 0 Å². The van der Waals surface area contributed by atoms with Crippen LogP contribution in [0.3, 0.4) is 0 Å². The molecule has 0 bridgehead atoms. The van der Waals surface area contributed by atoms with Gasteiger partial charge < -0.3 is 4.90 Å². The fourth-order valence-corrected chi connectivity index (χ4v) is 0.598. The molecule has 0 unspecified atom stereocenters. The summed E-state index contributed by atoms with van der Waals surface area (Å²) >= 11 is 0. The van der Waals surface area contributed by atoms with Crippen LogP contribution in [-0.4, -0.2) is 30.2 Å². The van der Waals surface area contributed by atoms with Crippen LogP contribution in [0, 0.1) is 0 Å². The van der Waals surface area contributed by atoms with E-state index in [9.17, 15) is 4.79 Å². The van der Waals surface area contributed by atoms with Gasteiger partial charge in [0.2, 0.25) is 5.91 Å². The van der Waals surface area contributed by atoms with E-state index in [0.29, 0.717) is 13.2 Å². The molecule has 0 aromatic rings. The molecule has 0 spiro atoms. The highest BCUT2D eigenvalue weighted by Gasteiger charge is 2.08. The highest BCUT2D eigenvalue weighted by Crippen LogP contribution is 1.92. The lowest BCUT2D eigenvalue weighted by molar-refractivity contribution is -0.127. The normalized spacial score (nSPS) is 17.4. The van der Waals surface area contributed by atoms with Crippen LogP contribution in [0.15, 0.2) is 4.99 Å². The van der Waals surface area contributed by atoms with Crippen LogP contribution in [0.25, 0.3) is 0 Å². The lowest BCUT2D eigenvalue weighted by Gasteiger charge is -2.08. The van der Waals surface area contributed by atoms with Gasteiger partial charge in [-0.1, -0.05) is 0 Å². The molecule has 0 atom stereocenters. The number of carbonyl (C=O) groups is 1. The summed E-state index contributed by atoms with van der Waals surface area (Å²) in [6.07, 6.45) is 1.75. The molecule has 1 amide bonds. The molecule has 1 aliphatic heterocycles. The van der Waals surface area contributed by atoms with Gasteiger partial charge in [0.25, 0.3) is 0 Å². The van der Waals surface area contributed by atoms with Gasteiger partial charge >= 0.3 is 0 Å². The zero-order chi connectivity index (χ0) is 5.98. The van der Waals surface area contributed by atoms with Crippen LogP contribution in [0.2, 0.25) is 0 Å². The summed E-state index contributed by atoms with van der Waals surface area (Å²) in [5.41, 5.74) is 0. The average Bonchev–Trinajstić information content (AvgIpc) is 2.12. The minimum Gasteiger partial charge on any atom is -0.318 e. The molecule has 0 fully saturated rings. The van der Waals surface area contributed by atoms with Crippen LogP contribution in [-0.2, 0) is 4.79 Å². The predicted octanol–water partition coefficient (Wildman–Crippen LogP) is -0.123. The first-order valence-corrected chi connectivity index (χ1v) is 2.54. The van der Waals surface area contributed by atoms with Crippen molar-refractivity contribution in [2.75, 3.05) is 13.2 Å². The van der Waals surface area contributed by atoms with E-state index in [4.69, 9.17) is 0 Å². The molecular formula is C5H8N2O. The maximum Gasteiger partial charge on any atom is 0.221 e. The molecular weight excluding hydrogens is 104 g/mol. The summed E-state index contributed by atoms with van der Waals surface area (Å²) in [5, 5.41) is 0. The van der Waals surface area contributed by atoms with Crippen molar-refractivity contribution >= 4 is 12.1 Å². The van der Waals surface area contributed by atoms with E-state index in [1.165, 1.54) is 0 Å². The topological polar surface area (TPSA) is 32.7 Å². The minimum atomic E-state index is 0.0995. The van der Waals surface area contributed by atoms with Gasteiger partial charge in [0.05, 0.1) is 6.54 Å². The molecule has 0 aliphatic carbocycles. The Morgan fingerprint density at radius 1 is 1.88 bits per heavy atom. The molecule has 3 nitrogen and oxygen atoms in total. The second-order valence-corrected chi connectivity index (χ2v) is 1.75. The Kier molecular flexibility index (Phi) is 1.28. The van der Waals surface area contributed by atoms with E-state index in [0.717, 1.165) is 0 Å². The molecule has 1 rings (SSSR count). The number of hydrogen-bond donors (Lipinski definition) is 0. The summed E-state index contributed by atoms with van der Waals surface area (Å²) in [7, 11) is 0. The molecule has 8 heavy (non-hydrogen) atoms. The quantitative estimate of drug-likeness (QED) is 0.430. The van der Waals surface area contributed by atoms with Gasteiger partial charge in [0.1, 0.15) is 6.67 Å². The SMILES string of the molecule is CC(=O)N1CC=NC1. The third-order valence-corrected chi connectivity index (χ3v) is 1.13. The number of nitrogens with zero attached hydrogens (tertiary/aromatic N) is 2. The Morgan fingerprint density at radius 3 is 2.88 bits per heavy atom. The highest BCUT2D eigenvalue weighted by atomic mass is 16.2. The van der Waals surface area contributed by atoms with Crippen LogP contribution in [0.4, 0.5) is 0 Å². The standard InChI is InChI=1S/C5H8N2O/c1-5(8)7-3-2-6-4-7/h2H,3-4H2,1H3. The Morgan fingerprint density at radius 2 is 2.62 bits per heavy atom. The van der Waals surface area contributed by atoms with Crippen molar-refractivity contribution in [1.82, 2.24) is 4.90 Å². The van der Waals surface area contributed by atoms with Crippen molar-refractivity contribution < 1.29 is 4.79 Å². The first-order chi connectivity index (χ1) is 3.80. The third-order valence-electron chi connectivity index (χ3n) is 1.13. The first-order valence-electron chi connectivity index (χ1n) is 2.54. The number of hydrogen-bond acceptors (Lipinski definition) is 2. The predicted molar refractivity (Wildman–Crippen MR) is 30.7 cm³/mol. The number of rotatable bonds is 0. The summed E-state index contributed by atoms with van der Waals surface area (Å²) < 4.78 is 0. The van der Waals surface area contributed by atoms with Gasteiger partial charge in [-0.05, 0) is 0 Å². The van der Waals surface area contributed by atoms with Crippen LogP contribution < -0.4 is 0 Å². The summed E-state index contributed by atoms with van der Waals surface area (Å²) in [6, 6.07) is 0. The van der Waals surface area contributed by atoms with E-state index in [1.807, 2.05) is 0 Å². The Labute approximate surface area is 48.0 Å². The average molecular weight is 112 g/mol. The maximum atomic E-state index is 10.5. The van der Waals surface area contributed by atoms with Gasteiger partial charge in [-0.15, -0.1) is 0 Å². The highest BCUT2D eigenvalue weighted by molar-refractivity contribution is 5.78. The van der Waals surface area contributed by atoms with Crippen molar-refractivity contribution in [1.29, 1.82) is 0 Å². The number of carbonyl (C=O) groups excluding carboxylic acids is 1. The zero-order valence-electron chi connectivity index (χ0n) is 4.79. The Hall–Kier alpha value is -0.860. The largest absolute Gasteiger partial charge is 0.318 e. The Balaban J connectivity index is 2.41. The lowest BCUT2D eigenvalue weighted by Crippen LogP contribution is -2.25. The summed E-state index contributed by atoms with van der Waals surface area (Å²) in [4.78, 5) is 16.0. The fourth-order valence-electron chi connectivity index (χ4n) is 0.598. The van der Waals surface area contributed by atoms with Gasteiger partial charge in [-0.3, -0.25) is 9.79 Å². The molecule has 1 heterocycles. The lowest BCUT2D eigenvalue weighted by atomic mass is 10.6. The van der Waals surface area contributed by atoms with E-state index in [2.05, 4.69) is 4.99 Å². The van der Waals surface area contributed by atoms with Crippen LogP contribution in [0.1, 0.15) is 6.92 Å². The number of amides is 1. The first kappa shape index (κ1) is 5.28. The van der Waals surface area contributed by atoms with Gasteiger partial charge in [0, 0.05) is 13.1 Å². The van der Waals surface area contributed by atoms with Crippen molar-refractivity contribution in [2.24, 2.45) is 4.99 Å². The van der Waals surface area contributed by atoms with Crippen LogP contribution >= 0.6 is 0 Å². The van der Waals surface area contributed by atoms with Gasteiger partial charge in [0.15, 0.2) is 0 Å². The molecule has 0 N–H and O–H groups in total. The number of aliphatic imine (C=N–C) groups is 1. The summed E-state index contributed by atoms with van der Waals surface area (Å²) in [6.45, 7) is 2.79. The van der Waals surface area contributed by atoms with Crippen molar-refractivity contribution in [3.63, 3.8) is 0 Å². The molecule has 0 aromatic heterocycles. The zero-order valence-corrected chi connectivity index (χ0v) is 4.79. The fraction of sp³-hybridized carbons (Fsp3) is 0.600.